The number of carbonyl (C=O) groups is 1. The molecule has 25 heavy (non-hydrogen) atoms. The van der Waals surface area contributed by atoms with Gasteiger partial charge < -0.3 is 19.7 Å². The fourth-order valence-electron chi connectivity index (χ4n) is 3.34. The van der Waals surface area contributed by atoms with E-state index in [0.717, 1.165) is 36.4 Å². The lowest BCUT2D eigenvalue weighted by molar-refractivity contribution is 0.171. The molecular formula is C20H22N2O3. The third-order valence-electron chi connectivity index (χ3n) is 4.71. The summed E-state index contributed by atoms with van der Waals surface area (Å²) in [5.74, 6) is 1.59. The number of rotatable bonds is 3. The van der Waals surface area contributed by atoms with Crippen LogP contribution in [-0.4, -0.2) is 37.2 Å². The summed E-state index contributed by atoms with van der Waals surface area (Å²) >= 11 is 0. The Bertz CT molecular complexity index is 775. The fourth-order valence-corrected chi connectivity index (χ4v) is 3.34. The lowest BCUT2D eigenvalue weighted by Gasteiger charge is -2.29. The monoisotopic (exact) mass is 338 g/mol. The highest BCUT2D eigenvalue weighted by molar-refractivity contribution is 5.74. The molecule has 1 N–H and O–H groups in total. The van der Waals surface area contributed by atoms with Crippen LogP contribution in [0.15, 0.2) is 42.5 Å². The number of nitrogens with zero attached hydrogens (tertiary/aromatic N) is 1. The Labute approximate surface area is 147 Å². The number of ether oxygens (including phenoxy) is 2. The summed E-state index contributed by atoms with van der Waals surface area (Å²) in [7, 11) is 0. The predicted octanol–water partition coefficient (Wildman–Crippen LogP) is 2.77. The maximum Gasteiger partial charge on any atom is 0.317 e. The van der Waals surface area contributed by atoms with Crippen LogP contribution in [-0.2, 0) is 19.4 Å². The molecule has 2 heterocycles. The second-order valence-corrected chi connectivity index (χ2v) is 6.40. The Balaban J connectivity index is 1.29. The van der Waals surface area contributed by atoms with Gasteiger partial charge in [0.25, 0.3) is 0 Å². The Kier molecular flexibility index (Phi) is 4.46. The minimum Gasteiger partial charge on any atom is -0.486 e. The van der Waals surface area contributed by atoms with Crippen molar-refractivity contribution >= 4 is 6.03 Å². The number of amides is 2. The van der Waals surface area contributed by atoms with Crippen LogP contribution in [0, 0.1) is 0 Å². The summed E-state index contributed by atoms with van der Waals surface area (Å²) in [6.45, 7) is 3.25. The zero-order chi connectivity index (χ0) is 17.1. The predicted molar refractivity (Wildman–Crippen MR) is 95.1 cm³/mol. The molecule has 0 aliphatic carbocycles. The van der Waals surface area contributed by atoms with Gasteiger partial charge in [0.2, 0.25) is 0 Å². The average Bonchev–Trinajstić information content (AvgIpc) is 2.67. The molecule has 0 radical (unpaired) electrons. The van der Waals surface area contributed by atoms with Gasteiger partial charge in [-0.25, -0.2) is 4.79 Å². The number of benzene rings is 2. The van der Waals surface area contributed by atoms with Crippen molar-refractivity contribution in [3.05, 3.63) is 59.2 Å². The quantitative estimate of drug-likeness (QED) is 0.936. The Morgan fingerprint density at radius 3 is 2.72 bits per heavy atom. The van der Waals surface area contributed by atoms with E-state index in [1.165, 1.54) is 11.1 Å². The van der Waals surface area contributed by atoms with Crippen molar-refractivity contribution in [2.24, 2.45) is 0 Å². The van der Waals surface area contributed by atoms with E-state index in [1.807, 2.05) is 29.2 Å². The Morgan fingerprint density at radius 1 is 1.04 bits per heavy atom. The van der Waals surface area contributed by atoms with E-state index in [0.29, 0.717) is 26.3 Å². The molecule has 0 unspecified atom stereocenters. The topological polar surface area (TPSA) is 50.8 Å². The molecule has 2 amide bonds. The summed E-state index contributed by atoms with van der Waals surface area (Å²) in [5, 5.41) is 3.03. The molecule has 2 aromatic rings. The van der Waals surface area contributed by atoms with Crippen LogP contribution in [0.3, 0.4) is 0 Å². The largest absolute Gasteiger partial charge is 0.486 e. The fraction of sp³-hybridized carbons (Fsp3) is 0.350. The van der Waals surface area contributed by atoms with Gasteiger partial charge >= 0.3 is 6.03 Å². The number of carbonyl (C=O) groups excluding carboxylic acids is 1. The Morgan fingerprint density at radius 2 is 1.84 bits per heavy atom. The molecule has 0 atom stereocenters. The normalized spacial score (nSPS) is 15.4. The van der Waals surface area contributed by atoms with Gasteiger partial charge in [0.05, 0.1) is 0 Å². The average molecular weight is 338 g/mol. The molecule has 5 heteroatoms. The van der Waals surface area contributed by atoms with Gasteiger partial charge in [0, 0.05) is 19.6 Å². The summed E-state index contributed by atoms with van der Waals surface area (Å²) in [4.78, 5) is 14.3. The lowest BCUT2D eigenvalue weighted by atomic mass is 10.0. The van der Waals surface area contributed by atoms with E-state index in [1.54, 1.807) is 0 Å². The molecule has 2 aliphatic rings. The first kappa shape index (κ1) is 15.8. The zero-order valence-corrected chi connectivity index (χ0v) is 14.2. The second kappa shape index (κ2) is 7.05. The van der Waals surface area contributed by atoms with E-state index in [4.69, 9.17) is 9.47 Å². The highest BCUT2D eigenvalue weighted by Crippen LogP contribution is 2.30. The summed E-state index contributed by atoms with van der Waals surface area (Å²) in [5.41, 5.74) is 3.73. The van der Waals surface area contributed by atoms with Crippen LogP contribution in [0.5, 0.6) is 11.5 Å². The highest BCUT2D eigenvalue weighted by atomic mass is 16.6. The van der Waals surface area contributed by atoms with Crippen LogP contribution < -0.4 is 14.8 Å². The first-order valence-corrected chi connectivity index (χ1v) is 8.78. The van der Waals surface area contributed by atoms with E-state index in [9.17, 15) is 4.79 Å². The molecule has 0 spiro atoms. The first-order chi connectivity index (χ1) is 12.3. The molecule has 0 aromatic heterocycles. The molecule has 0 saturated heterocycles. The molecule has 0 saturated carbocycles. The molecule has 0 fully saturated rings. The van der Waals surface area contributed by atoms with Crippen LogP contribution in [0.4, 0.5) is 4.79 Å². The first-order valence-electron chi connectivity index (χ1n) is 8.78. The second-order valence-electron chi connectivity index (χ2n) is 6.40. The van der Waals surface area contributed by atoms with Crippen molar-refractivity contribution < 1.29 is 14.3 Å². The van der Waals surface area contributed by atoms with Gasteiger partial charge in [0.15, 0.2) is 11.5 Å². The van der Waals surface area contributed by atoms with E-state index in [-0.39, 0.29) is 6.03 Å². The molecule has 2 aromatic carbocycles. The SMILES string of the molecule is O=C(NCCc1ccc2c(c1)OCCO2)N1CCc2ccccc2C1. The maximum atomic E-state index is 12.4. The van der Waals surface area contributed by atoms with Gasteiger partial charge in [-0.1, -0.05) is 30.3 Å². The summed E-state index contributed by atoms with van der Waals surface area (Å²) < 4.78 is 11.1. The Hall–Kier alpha value is -2.69. The zero-order valence-electron chi connectivity index (χ0n) is 14.2. The van der Waals surface area contributed by atoms with E-state index < -0.39 is 0 Å². The van der Waals surface area contributed by atoms with Crippen LogP contribution in [0.25, 0.3) is 0 Å². The summed E-state index contributed by atoms with van der Waals surface area (Å²) in [6.07, 6.45) is 1.69. The van der Waals surface area contributed by atoms with Gasteiger partial charge in [-0.15, -0.1) is 0 Å². The molecule has 4 rings (SSSR count). The number of hydrogen-bond donors (Lipinski definition) is 1. The number of hydrogen-bond acceptors (Lipinski definition) is 3. The molecular weight excluding hydrogens is 316 g/mol. The van der Waals surface area contributed by atoms with Crippen molar-refractivity contribution in [2.75, 3.05) is 26.3 Å². The standard InChI is InChI=1S/C20H22N2O3/c23-20(22-10-8-16-3-1-2-4-17(16)14-22)21-9-7-15-5-6-18-19(13-15)25-12-11-24-18/h1-6,13H,7-12,14H2,(H,21,23). The van der Waals surface area contributed by atoms with Crippen molar-refractivity contribution in [3.8, 4) is 11.5 Å². The number of urea groups is 1. The van der Waals surface area contributed by atoms with Crippen molar-refractivity contribution in [1.29, 1.82) is 0 Å². The number of fused-ring (bicyclic) bond motifs is 2. The van der Waals surface area contributed by atoms with E-state index in [2.05, 4.69) is 23.5 Å². The third kappa shape index (κ3) is 3.55. The minimum atomic E-state index is 0.00652. The smallest absolute Gasteiger partial charge is 0.317 e. The van der Waals surface area contributed by atoms with Crippen molar-refractivity contribution in [3.63, 3.8) is 0 Å². The molecule has 130 valence electrons. The van der Waals surface area contributed by atoms with Gasteiger partial charge in [-0.3, -0.25) is 0 Å². The van der Waals surface area contributed by atoms with Crippen LogP contribution >= 0.6 is 0 Å². The van der Waals surface area contributed by atoms with E-state index >= 15 is 0 Å². The van der Waals surface area contributed by atoms with Crippen LogP contribution in [0.1, 0.15) is 16.7 Å². The molecule has 0 bridgehead atoms. The number of nitrogens with one attached hydrogen (secondary N) is 1. The lowest BCUT2D eigenvalue weighted by Crippen LogP contribution is -2.43. The third-order valence-corrected chi connectivity index (χ3v) is 4.71. The highest BCUT2D eigenvalue weighted by Gasteiger charge is 2.20. The molecule has 5 nitrogen and oxygen atoms in total. The van der Waals surface area contributed by atoms with Gasteiger partial charge in [-0.05, 0) is 41.7 Å². The molecule has 2 aliphatic heterocycles. The van der Waals surface area contributed by atoms with Crippen molar-refractivity contribution in [1.82, 2.24) is 10.2 Å². The van der Waals surface area contributed by atoms with Gasteiger partial charge in [-0.2, -0.15) is 0 Å². The minimum absolute atomic E-state index is 0.00652. The van der Waals surface area contributed by atoms with Crippen molar-refractivity contribution in [2.45, 2.75) is 19.4 Å². The van der Waals surface area contributed by atoms with Gasteiger partial charge in [0.1, 0.15) is 13.2 Å². The maximum absolute atomic E-state index is 12.4. The van der Waals surface area contributed by atoms with Crippen LogP contribution in [0.2, 0.25) is 0 Å². The summed E-state index contributed by atoms with van der Waals surface area (Å²) in [6, 6.07) is 14.3.